The predicted molar refractivity (Wildman–Crippen MR) is 71.3 cm³/mol. The van der Waals surface area contributed by atoms with Gasteiger partial charge in [0.05, 0.1) is 12.5 Å². The lowest BCUT2D eigenvalue weighted by molar-refractivity contribution is -0.155. The fourth-order valence-corrected chi connectivity index (χ4v) is 2.70. The van der Waals surface area contributed by atoms with Crippen LogP contribution in [-0.4, -0.2) is 38.1 Å². The Balaban J connectivity index is 2.18. The van der Waals surface area contributed by atoms with Gasteiger partial charge < -0.3 is 9.64 Å². The Bertz CT molecular complexity index is 394. The second-order valence-electron chi connectivity index (χ2n) is 5.24. The number of benzene rings is 1. The van der Waals surface area contributed by atoms with Crippen molar-refractivity contribution in [2.24, 2.45) is 5.41 Å². The Hall–Kier alpha value is -1.35. The fourth-order valence-electron chi connectivity index (χ4n) is 2.70. The number of ether oxygens (including phenoxy) is 1. The number of piperidine rings is 1. The number of methoxy groups -OCH3 is 1. The van der Waals surface area contributed by atoms with E-state index in [0.717, 1.165) is 32.4 Å². The van der Waals surface area contributed by atoms with E-state index in [-0.39, 0.29) is 11.4 Å². The first-order valence-corrected chi connectivity index (χ1v) is 6.47. The van der Waals surface area contributed by atoms with Crippen LogP contribution >= 0.6 is 0 Å². The molecule has 0 radical (unpaired) electrons. The third kappa shape index (κ3) is 2.72. The number of carbonyl (C=O) groups is 1. The fraction of sp³-hybridized carbons (Fsp3) is 0.533. The van der Waals surface area contributed by atoms with Crippen molar-refractivity contribution >= 4 is 5.97 Å². The summed E-state index contributed by atoms with van der Waals surface area (Å²) in [5.41, 5.74) is 0.884. The Morgan fingerprint density at radius 2 is 1.89 bits per heavy atom. The van der Waals surface area contributed by atoms with Crippen molar-refractivity contribution in [2.75, 3.05) is 27.2 Å². The second-order valence-corrected chi connectivity index (χ2v) is 5.24. The molecule has 0 N–H and O–H groups in total. The molecule has 1 saturated heterocycles. The van der Waals surface area contributed by atoms with E-state index in [1.807, 2.05) is 18.2 Å². The number of carbonyl (C=O) groups excluding carboxylic acids is 1. The van der Waals surface area contributed by atoms with Crippen molar-refractivity contribution < 1.29 is 9.53 Å². The van der Waals surface area contributed by atoms with Gasteiger partial charge in [0, 0.05) is 0 Å². The quantitative estimate of drug-likeness (QED) is 0.766. The molecule has 0 saturated carbocycles. The van der Waals surface area contributed by atoms with E-state index < -0.39 is 0 Å². The molecule has 1 aromatic rings. The Kier molecular flexibility index (Phi) is 4.02. The lowest BCUT2D eigenvalue weighted by Gasteiger charge is -2.38. The van der Waals surface area contributed by atoms with Crippen LogP contribution in [0.1, 0.15) is 18.4 Å². The molecule has 1 aliphatic heterocycles. The first-order valence-electron chi connectivity index (χ1n) is 6.47. The molecule has 1 aromatic carbocycles. The van der Waals surface area contributed by atoms with E-state index in [0.29, 0.717) is 0 Å². The molecule has 3 nitrogen and oxygen atoms in total. The summed E-state index contributed by atoms with van der Waals surface area (Å²) in [6, 6.07) is 10.2. The van der Waals surface area contributed by atoms with Crippen molar-refractivity contribution in [3.05, 3.63) is 35.9 Å². The minimum Gasteiger partial charge on any atom is -0.469 e. The van der Waals surface area contributed by atoms with Gasteiger partial charge in [0.25, 0.3) is 0 Å². The summed E-state index contributed by atoms with van der Waals surface area (Å²) in [5, 5.41) is 0. The monoisotopic (exact) mass is 247 g/mol. The molecule has 1 aliphatic rings. The first kappa shape index (κ1) is 13.1. The SMILES string of the molecule is COC(=O)C1(Cc2ccccc2)CCN(C)CC1. The molecule has 18 heavy (non-hydrogen) atoms. The smallest absolute Gasteiger partial charge is 0.312 e. The molecule has 0 atom stereocenters. The first-order chi connectivity index (χ1) is 8.66. The third-order valence-corrected chi connectivity index (χ3v) is 3.95. The Morgan fingerprint density at radius 1 is 1.28 bits per heavy atom. The van der Waals surface area contributed by atoms with Gasteiger partial charge in [0.15, 0.2) is 0 Å². The lowest BCUT2D eigenvalue weighted by Crippen LogP contribution is -2.44. The average molecular weight is 247 g/mol. The van der Waals surface area contributed by atoms with Crippen molar-refractivity contribution in [2.45, 2.75) is 19.3 Å². The van der Waals surface area contributed by atoms with Gasteiger partial charge in [0.2, 0.25) is 0 Å². The van der Waals surface area contributed by atoms with E-state index in [1.165, 1.54) is 12.7 Å². The van der Waals surface area contributed by atoms with Gasteiger partial charge >= 0.3 is 5.97 Å². The van der Waals surface area contributed by atoms with Crippen LogP contribution in [0.15, 0.2) is 30.3 Å². The normalized spacial score (nSPS) is 19.4. The number of likely N-dealkylation sites (tertiary alicyclic amines) is 1. The third-order valence-electron chi connectivity index (χ3n) is 3.95. The zero-order valence-electron chi connectivity index (χ0n) is 11.2. The van der Waals surface area contributed by atoms with Crippen LogP contribution in [0.3, 0.4) is 0 Å². The molecular weight excluding hydrogens is 226 g/mol. The summed E-state index contributed by atoms with van der Waals surface area (Å²) in [4.78, 5) is 14.4. The van der Waals surface area contributed by atoms with Crippen molar-refractivity contribution in [3.63, 3.8) is 0 Å². The Morgan fingerprint density at radius 3 is 2.44 bits per heavy atom. The molecular formula is C15H21NO2. The summed E-state index contributed by atoms with van der Waals surface area (Å²) < 4.78 is 5.04. The van der Waals surface area contributed by atoms with Crippen molar-refractivity contribution in [1.29, 1.82) is 0 Å². The van der Waals surface area contributed by atoms with Gasteiger partial charge in [-0.15, -0.1) is 0 Å². The van der Waals surface area contributed by atoms with E-state index in [1.54, 1.807) is 0 Å². The van der Waals surface area contributed by atoms with Crippen LogP contribution in [0.2, 0.25) is 0 Å². The maximum Gasteiger partial charge on any atom is 0.312 e. The summed E-state index contributed by atoms with van der Waals surface area (Å²) >= 11 is 0. The molecule has 0 bridgehead atoms. The largest absolute Gasteiger partial charge is 0.469 e. The molecule has 0 amide bonds. The van der Waals surface area contributed by atoms with Crippen molar-refractivity contribution in [1.82, 2.24) is 4.90 Å². The highest BCUT2D eigenvalue weighted by atomic mass is 16.5. The second kappa shape index (κ2) is 5.53. The number of nitrogens with zero attached hydrogens (tertiary/aromatic N) is 1. The van der Waals surface area contributed by atoms with Crippen LogP contribution in [0.4, 0.5) is 0 Å². The van der Waals surface area contributed by atoms with E-state index in [4.69, 9.17) is 4.74 Å². The molecule has 98 valence electrons. The number of rotatable bonds is 3. The molecule has 0 unspecified atom stereocenters. The summed E-state index contributed by atoms with van der Waals surface area (Å²) in [5.74, 6) is -0.0561. The van der Waals surface area contributed by atoms with Crippen LogP contribution in [-0.2, 0) is 16.0 Å². The maximum atomic E-state index is 12.2. The molecule has 2 rings (SSSR count). The van der Waals surface area contributed by atoms with Crippen LogP contribution in [0.25, 0.3) is 0 Å². The van der Waals surface area contributed by atoms with Crippen LogP contribution in [0.5, 0.6) is 0 Å². The summed E-state index contributed by atoms with van der Waals surface area (Å²) in [7, 11) is 3.59. The molecule has 1 heterocycles. The number of esters is 1. The minimum absolute atomic E-state index is 0.0561. The average Bonchev–Trinajstić information content (AvgIpc) is 2.42. The van der Waals surface area contributed by atoms with Crippen molar-refractivity contribution in [3.8, 4) is 0 Å². The van der Waals surface area contributed by atoms with Gasteiger partial charge in [-0.1, -0.05) is 30.3 Å². The molecule has 3 heteroatoms. The van der Waals surface area contributed by atoms with Gasteiger partial charge in [-0.05, 0) is 45.0 Å². The highest BCUT2D eigenvalue weighted by molar-refractivity contribution is 5.77. The van der Waals surface area contributed by atoms with Crippen LogP contribution < -0.4 is 0 Å². The maximum absolute atomic E-state index is 12.2. The van der Waals surface area contributed by atoms with E-state index in [2.05, 4.69) is 24.1 Å². The van der Waals surface area contributed by atoms with Gasteiger partial charge in [-0.3, -0.25) is 4.79 Å². The molecule has 0 aromatic heterocycles. The summed E-state index contributed by atoms with van der Waals surface area (Å²) in [6.07, 6.45) is 2.55. The van der Waals surface area contributed by atoms with Gasteiger partial charge in [0.1, 0.15) is 0 Å². The van der Waals surface area contributed by atoms with Gasteiger partial charge in [-0.25, -0.2) is 0 Å². The standard InChI is InChI=1S/C15H21NO2/c1-16-10-8-15(9-11-16,14(17)18-2)12-13-6-4-3-5-7-13/h3-7H,8-12H2,1-2H3. The number of hydrogen-bond acceptors (Lipinski definition) is 3. The predicted octanol–water partition coefficient (Wildman–Crippen LogP) is 2.11. The van der Waals surface area contributed by atoms with E-state index in [9.17, 15) is 4.79 Å². The zero-order chi connectivity index (χ0) is 13.0. The van der Waals surface area contributed by atoms with Crippen LogP contribution in [0, 0.1) is 5.41 Å². The molecule has 0 spiro atoms. The zero-order valence-corrected chi connectivity index (χ0v) is 11.2. The Labute approximate surface area is 109 Å². The lowest BCUT2D eigenvalue weighted by atomic mass is 9.74. The summed E-state index contributed by atoms with van der Waals surface area (Å²) in [6.45, 7) is 1.92. The number of hydrogen-bond donors (Lipinski definition) is 0. The highest BCUT2D eigenvalue weighted by Gasteiger charge is 2.41. The minimum atomic E-state index is -0.331. The van der Waals surface area contributed by atoms with E-state index >= 15 is 0 Å². The topological polar surface area (TPSA) is 29.5 Å². The molecule has 0 aliphatic carbocycles. The molecule has 1 fully saturated rings. The van der Waals surface area contributed by atoms with Gasteiger partial charge in [-0.2, -0.15) is 0 Å². The highest BCUT2D eigenvalue weighted by Crippen LogP contribution is 2.36.